The number of carbonyl (C=O) groups is 4. The molecule has 3 aromatic rings. The lowest BCUT2D eigenvalue weighted by molar-refractivity contribution is -0.122. The number of imide groups is 1. The van der Waals surface area contributed by atoms with Crippen LogP contribution >= 0.6 is 0 Å². The van der Waals surface area contributed by atoms with E-state index < -0.39 is 12.1 Å². The molecule has 6 nitrogen and oxygen atoms in total. The number of hydrogen-bond donors (Lipinski definition) is 0. The number of Topliss-reactive ketones (excluding diaryl/α,β-unsaturated/α-hetero) is 1. The van der Waals surface area contributed by atoms with Crippen molar-refractivity contribution in [2.24, 2.45) is 11.8 Å². The van der Waals surface area contributed by atoms with Gasteiger partial charge in [0.05, 0.1) is 23.1 Å². The largest absolute Gasteiger partial charge is 0.451 e. The number of rotatable bonds is 6. The molecule has 2 amide bonds. The molecule has 0 unspecified atom stereocenters. The summed E-state index contributed by atoms with van der Waals surface area (Å²) in [6.07, 6.45) is 1.17. The molecule has 2 fully saturated rings. The molecule has 37 heavy (non-hydrogen) atoms. The van der Waals surface area contributed by atoms with E-state index in [4.69, 9.17) is 4.74 Å². The van der Waals surface area contributed by atoms with E-state index in [-0.39, 0.29) is 40.9 Å². The van der Waals surface area contributed by atoms with Gasteiger partial charge in [0.2, 0.25) is 17.6 Å². The van der Waals surface area contributed by atoms with Crippen molar-refractivity contribution in [2.75, 3.05) is 4.90 Å². The predicted molar refractivity (Wildman–Crippen MR) is 139 cm³/mol. The van der Waals surface area contributed by atoms with Gasteiger partial charge in [-0.15, -0.1) is 0 Å². The molecule has 0 radical (unpaired) electrons. The first-order chi connectivity index (χ1) is 17.8. The Kier molecular flexibility index (Phi) is 6.74. The molecule has 3 aromatic carbocycles. The zero-order valence-corrected chi connectivity index (χ0v) is 20.9. The fraction of sp³-hybridized carbons (Fsp3) is 0.290. The van der Waals surface area contributed by atoms with Crippen LogP contribution in [0.5, 0.6) is 0 Å². The topological polar surface area (TPSA) is 80.8 Å². The molecule has 4 atom stereocenters. The van der Waals surface area contributed by atoms with Crippen LogP contribution in [0.15, 0.2) is 78.9 Å². The number of carbonyl (C=O) groups excluding carboxylic acids is 4. The number of anilines is 1. The van der Waals surface area contributed by atoms with Gasteiger partial charge in [0.1, 0.15) is 0 Å². The molecule has 188 valence electrons. The van der Waals surface area contributed by atoms with Crippen LogP contribution in [-0.2, 0) is 14.3 Å². The number of ether oxygens (including phenoxy) is 1. The number of aryl methyl sites for hydroxylation is 1. The van der Waals surface area contributed by atoms with Gasteiger partial charge in [0, 0.05) is 5.56 Å². The maximum Gasteiger partial charge on any atom is 0.338 e. The summed E-state index contributed by atoms with van der Waals surface area (Å²) >= 11 is 0. The number of benzene rings is 3. The summed E-state index contributed by atoms with van der Waals surface area (Å²) in [6.45, 7) is 3.46. The molecule has 1 aliphatic carbocycles. The van der Waals surface area contributed by atoms with Crippen LogP contribution in [0.1, 0.15) is 63.9 Å². The molecule has 0 bridgehead atoms. The molecule has 6 heteroatoms. The van der Waals surface area contributed by atoms with Crippen LogP contribution in [-0.4, -0.2) is 29.7 Å². The summed E-state index contributed by atoms with van der Waals surface area (Å²) < 4.78 is 5.43. The lowest BCUT2D eigenvalue weighted by atomic mass is 9.73. The van der Waals surface area contributed by atoms with E-state index >= 15 is 0 Å². The van der Waals surface area contributed by atoms with Crippen LogP contribution in [0.25, 0.3) is 0 Å². The van der Waals surface area contributed by atoms with Crippen molar-refractivity contribution in [3.8, 4) is 0 Å². The van der Waals surface area contributed by atoms with Crippen LogP contribution in [0.3, 0.4) is 0 Å². The molecule has 0 aromatic heterocycles. The number of amides is 2. The van der Waals surface area contributed by atoms with Gasteiger partial charge in [-0.1, -0.05) is 66.2 Å². The Hall–Kier alpha value is -4.06. The highest BCUT2D eigenvalue weighted by Crippen LogP contribution is 2.45. The molecular formula is C31H29NO5. The van der Waals surface area contributed by atoms with E-state index in [0.29, 0.717) is 24.1 Å². The lowest BCUT2D eigenvalue weighted by Gasteiger charge is -2.28. The van der Waals surface area contributed by atoms with Crippen LogP contribution in [0.2, 0.25) is 0 Å². The van der Waals surface area contributed by atoms with Gasteiger partial charge in [-0.05, 0) is 62.8 Å². The van der Waals surface area contributed by atoms with E-state index in [1.165, 1.54) is 23.5 Å². The van der Waals surface area contributed by atoms with Gasteiger partial charge in [0.15, 0.2) is 6.10 Å². The smallest absolute Gasteiger partial charge is 0.338 e. The SMILES string of the molecule is Cc1ccc(C(=O)[C@H](C)OC(=O)c2cccc(N3C(=O)[C@H]4C[C@H](c5ccccc5)CC[C@H]4C3=O)c2)cc1. The Morgan fingerprint density at radius 2 is 1.54 bits per heavy atom. The summed E-state index contributed by atoms with van der Waals surface area (Å²) in [5.74, 6) is -1.88. The first kappa shape index (κ1) is 24.6. The maximum atomic E-state index is 13.4. The summed E-state index contributed by atoms with van der Waals surface area (Å²) in [6, 6.07) is 23.5. The number of nitrogens with zero attached hydrogens (tertiary/aromatic N) is 1. The van der Waals surface area contributed by atoms with E-state index in [1.807, 2.05) is 37.3 Å². The minimum atomic E-state index is -0.980. The number of esters is 1. The monoisotopic (exact) mass is 495 g/mol. The third-order valence-electron chi connectivity index (χ3n) is 7.53. The van der Waals surface area contributed by atoms with Crippen LogP contribution < -0.4 is 4.90 Å². The van der Waals surface area contributed by atoms with Crippen molar-refractivity contribution in [3.63, 3.8) is 0 Å². The Morgan fingerprint density at radius 1 is 0.838 bits per heavy atom. The molecule has 0 spiro atoms. The maximum absolute atomic E-state index is 13.4. The summed E-state index contributed by atoms with van der Waals surface area (Å²) in [5, 5.41) is 0. The molecule has 1 heterocycles. The van der Waals surface area contributed by atoms with Gasteiger partial charge in [0.25, 0.3) is 0 Å². The first-order valence-electron chi connectivity index (χ1n) is 12.7. The molecule has 1 aliphatic heterocycles. The standard InChI is InChI=1S/C31H29NO5/c1-19-11-13-22(14-12-19)28(33)20(2)37-31(36)24-9-6-10-25(17-24)32-29(34)26-16-15-23(18-27(26)30(32)35)21-7-4-3-5-8-21/h3-14,17,20,23,26-27H,15-16,18H2,1-2H3/t20-,23+,26+,27-/m0/s1. The zero-order valence-electron chi connectivity index (χ0n) is 20.9. The van der Waals surface area contributed by atoms with Crippen molar-refractivity contribution in [3.05, 3.63) is 101 Å². The zero-order chi connectivity index (χ0) is 26.1. The second-order valence-corrected chi connectivity index (χ2v) is 9.97. The summed E-state index contributed by atoms with van der Waals surface area (Å²) in [7, 11) is 0. The molecule has 5 rings (SSSR count). The Morgan fingerprint density at radius 3 is 2.27 bits per heavy atom. The highest BCUT2D eigenvalue weighted by molar-refractivity contribution is 6.22. The Labute approximate surface area is 216 Å². The minimum Gasteiger partial charge on any atom is -0.451 e. The quantitative estimate of drug-likeness (QED) is 0.256. The van der Waals surface area contributed by atoms with Gasteiger partial charge in [-0.25, -0.2) is 4.79 Å². The highest BCUT2D eigenvalue weighted by atomic mass is 16.5. The van der Waals surface area contributed by atoms with Crippen molar-refractivity contribution in [1.29, 1.82) is 0 Å². The Bertz CT molecular complexity index is 1350. The fourth-order valence-corrected chi connectivity index (χ4v) is 5.47. The van der Waals surface area contributed by atoms with Gasteiger partial charge < -0.3 is 4.74 Å². The van der Waals surface area contributed by atoms with Crippen LogP contribution in [0, 0.1) is 18.8 Å². The second-order valence-electron chi connectivity index (χ2n) is 9.97. The van der Waals surface area contributed by atoms with Crippen molar-refractivity contribution in [1.82, 2.24) is 0 Å². The first-order valence-corrected chi connectivity index (χ1v) is 12.7. The average Bonchev–Trinajstić information content (AvgIpc) is 3.18. The molecule has 2 aliphatic rings. The van der Waals surface area contributed by atoms with E-state index in [0.717, 1.165) is 12.0 Å². The number of fused-ring (bicyclic) bond motifs is 1. The van der Waals surface area contributed by atoms with E-state index in [9.17, 15) is 19.2 Å². The number of hydrogen-bond acceptors (Lipinski definition) is 5. The second kappa shape index (κ2) is 10.1. The third-order valence-corrected chi connectivity index (χ3v) is 7.53. The number of ketones is 1. The third kappa shape index (κ3) is 4.84. The van der Waals surface area contributed by atoms with Crippen molar-refractivity contribution >= 4 is 29.3 Å². The highest BCUT2D eigenvalue weighted by Gasteiger charge is 2.50. The molecule has 1 saturated carbocycles. The van der Waals surface area contributed by atoms with Gasteiger partial charge in [-0.2, -0.15) is 0 Å². The van der Waals surface area contributed by atoms with Crippen molar-refractivity contribution in [2.45, 2.75) is 45.1 Å². The predicted octanol–water partition coefficient (Wildman–Crippen LogP) is 5.50. The molecular weight excluding hydrogens is 466 g/mol. The fourth-order valence-electron chi connectivity index (χ4n) is 5.47. The van der Waals surface area contributed by atoms with E-state index in [2.05, 4.69) is 12.1 Å². The van der Waals surface area contributed by atoms with Gasteiger partial charge in [-0.3, -0.25) is 19.3 Å². The van der Waals surface area contributed by atoms with Crippen LogP contribution in [0.4, 0.5) is 5.69 Å². The van der Waals surface area contributed by atoms with Gasteiger partial charge >= 0.3 is 5.97 Å². The Balaban J connectivity index is 1.30. The normalized spacial score (nSPS) is 21.9. The van der Waals surface area contributed by atoms with Crippen molar-refractivity contribution < 1.29 is 23.9 Å². The lowest BCUT2D eigenvalue weighted by Crippen LogP contribution is -2.31. The average molecular weight is 496 g/mol. The summed E-state index contributed by atoms with van der Waals surface area (Å²) in [5.41, 5.74) is 3.22. The van der Waals surface area contributed by atoms with E-state index in [1.54, 1.807) is 30.3 Å². The molecule has 1 saturated heterocycles. The minimum absolute atomic E-state index is 0.179. The summed E-state index contributed by atoms with van der Waals surface area (Å²) in [4.78, 5) is 53.4. The molecule has 0 N–H and O–H groups in total.